The van der Waals surface area contributed by atoms with E-state index >= 15 is 0 Å². The molecule has 4 heteroatoms. The summed E-state index contributed by atoms with van der Waals surface area (Å²) in [6.45, 7) is 0. The van der Waals surface area contributed by atoms with E-state index in [-0.39, 0.29) is 11.9 Å². The molecule has 1 aliphatic rings. The lowest BCUT2D eigenvalue weighted by Crippen LogP contribution is -2.35. The molecule has 0 amide bonds. The molecular formula is C9H11NO2S. The highest BCUT2D eigenvalue weighted by atomic mass is 32.1. The standard InChI is InChI=1S/C9H11NO2S/c1-12-8(11)9(10)4-7(9)6-2-3-13-5-6/h2-3,5,7H,4,10H2,1H3. The van der Waals surface area contributed by atoms with Crippen LogP contribution in [0.2, 0.25) is 0 Å². The van der Waals surface area contributed by atoms with Gasteiger partial charge in [-0.1, -0.05) is 0 Å². The molecule has 0 aliphatic heterocycles. The van der Waals surface area contributed by atoms with Gasteiger partial charge in [-0.25, -0.2) is 0 Å². The molecule has 1 aromatic heterocycles. The SMILES string of the molecule is COC(=O)C1(N)CC1c1ccsc1. The molecule has 1 fully saturated rings. The normalized spacial score (nSPS) is 31.4. The number of carbonyl (C=O) groups is 1. The first-order valence-electron chi connectivity index (χ1n) is 4.08. The minimum absolute atomic E-state index is 0.159. The quantitative estimate of drug-likeness (QED) is 0.722. The van der Waals surface area contributed by atoms with Crippen molar-refractivity contribution < 1.29 is 9.53 Å². The zero-order valence-electron chi connectivity index (χ0n) is 7.32. The molecule has 0 spiro atoms. The smallest absolute Gasteiger partial charge is 0.326 e. The molecule has 70 valence electrons. The number of thiophene rings is 1. The van der Waals surface area contributed by atoms with E-state index in [1.165, 1.54) is 7.11 Å². The summed E-state index contributed by atoms with van der Waals surface area (Å²) >= 11 is 1.62. The Bertz CT molecular complexity index is 322. The van der Waals surface area contributed by atoms with Crippen LogP contribution in [0.25, 0.3) is 0 Å². The maximum absolute atomic E-state index is 11.3. The van der Waals surface area contributed by atoms with E-state index in [4.69, 9.17) is 5.73 Å². The maximum atomic E-state index is 11.3. The number of methoxy groups -OCH3 is 1. The summed E-state index contributed by atoms with van der Waals surface area (Å²) in [6.07, 6.45) is 0.705. The van der Waals surface area contributed by atoms with Crippen LogP contribution in [0.5, 0.6) is 0 Å². The summed E-state index contributed by atoms with van der Waals surface area (Å²) in [7, 11) is 1.37. The van der Waals surface area contributed by atoms with Gasteiger partial charge in [0.05, 0.1) is 7.11 Å². The summed E-state index contributed by atoms with van der Waals surface area (Å²) in [6, 6.07) is 2.01. The topological polar surface area (TPSA) is 52.3 Å². The van der Waals surface area contributed by atoms with E-state index in [9.17, 15) is 4.79 Å². The first-order chi connectivity index (χ1) is 6.18. The number of nitrogens with two attached hydrogens (primary N) is 1. The fourth-order valence-electron chi connectivity index (χ4n) is 1.58. The van der Waals surface area contributed by atoms with Gasteiger partial charge < -0.3 is 10.5 Å². The van der Waals surface area contributed by atoms with Crippen LogP contribution in [-0.2, 0) is 9.53 Å². The Hall–Kier alpha value is -0.870. The Morgan fingerprint density at radius 2 is 2.62 bits per heavy atom. The van der Waals surface area contributed by atoms with Crippen molar-refractivity contribution in [1.82, 2.24) is 0 Å². The molecule has 0 saturated heterocycles. The van der Waals surface area contributed by atoms with Crippen molar-refractivity contribution >= 4 is 17.3 Å². The number of ether oxygens (including phenoxy) is 1. The Morgan fingerprint density at radius 1 is 1.85 bits per heavy atom. The monoisotopic (exact) mass is 197 g/mol. The van der Waals surface area contributed by atoms with E-state index in [2.05, 4.69) is 4.74 Å². The number of esters is 1. The molecule has 0 bridgehead atoms. The number of hydrogen-bond acceptors (Lipinski definition) is 4. The molecule has 0 aromatic carbocycles. The molecular weight excluding hydrogens is 186 g/mol. The summed E-state index contributed by atoms with van der Waals surface area (Å²) in [4.78, 5) is 11.3. The third-order valence-corrected chi connectivity index (χ3v) is 3.22. The molecule has 1 heterocycles. The van der Waals surface area contributed by atoms with Gasteiger partial charge in [-0.3, -0.25) is 4.79 Å². The van der Waals surface area contributed by atoms with Crippen molar-refractivity contribution in [2.24, 2.45) is 5.73 Å². The summed E-state index contributed by atoms with van der Waals surface area (Å²) in [5, 5.41) is 4.02. The lowest BCUT2D eigenvalue weighted by molar-refractivity contribution is -0.143. The minimum Gasteiger partial charge on any atom is -0.468 e. The average Bonchev–Trinajstić information content (AvgIpc) is 2.65. The highest BCUT2D eigenvalue weighted by Gasteiger charge is 2.58. The van der Waals surface area contributed by atoms with E-state index in [1.54, 1.807) is 11.3 Å². The van der Waals surface area contributed by atoms with E-state index in [0.717, 1.165) is 5.56 Å². The Labute approximate surface area is 80.5 Å². The summed E-state index contributed by atoms with van der Waals surface area (Å²) in [5.74, 6) is -0.144. The highest BCUT2D eigenvalue weighted by Crippen LogP contribution is 2.50. The van der Waals surface area contributed by atoms with Crippen LogP contribution in [0.15, 0.2) is 16.8 Å². The number of rotatable bonds is 2. The molecule has 2 rings (SSSR count). The van der Waals surface area contributed by atoms with E-state index < -0.39 is 5.54 Å². The van der Waals surface area contributed by atoms with Crippen LogP contribution < -0.4 is 5.73 Å². The van der Waals surface area contributed by atoms with Crippen LogP contribution >= 0.6 is 11.3 Å². The fourth-order valence-corrected chi connectivity index (χ4v) is 2.30. The lowest BCUT2D eigenvalue weighted by atomic mass is 10.1. The second kappa shape index (κ2) is 2.82. The zero-order valence-corrected chi connectivity index (χ0v) is 8.14. The molecule has 1 saturated carbocycles. The van der Waals surface area contributed by atoms with Gasteiger partial charge in [-0.05, 0) is 28.8 Å². The van der Waals surface area contributed by atoms with Crippen LogP contribution in [0.4, 0.5) is 0 Å². The number of carbonyl (C=O) groups excluding carboxylic acids is 1. The molecule has 1 aliphatic carbocycles. The molecule has 2 unspecified atom stereocenters. The third-order valence-electron chi connectivity index (χ3n) is 2.51. The van der Waals surface area contributed by atoms with Crippen LogP contribution in [-0.4, -0.2) is 18.6 Å². The highest BCUT2D eigenvalue weighted by molar-refractivity contribution is 7.08. The van der Waals surface area contributed by atoms with Gasteiger partial charge in [-0.2, -0.15) is 11.3 Å². The van der Waals surface area contributed by atoms with Crippen molar-refractivity contribution in [2.75, 3.05) is 7.11 Å². The number of hydrogen-bond donors (Lipinski definition) is 1. The second-order valence-corrected chi connectivity index (χ2v) is 4.13. The maximum Gasteiger partial charge on any atom is 0.326 e. The largest absolute Gasteiger partial charge is 0.468 e. The molecule has 3 nitrogen and oxygen atoms in total. The van der Waals surface area contributed by atoms with Crippen LogP contribution in [0.3, 0.4) is 0 Å². The van der Waals surface area contributed by atoms with Crippen molar-refractivity contribution in [2.45, 2.75) is 17.9 Å². The van der Waals surface area contributed by atoms with Gasteiger partial charge in [0.1, 0.15) is 5.54 Å². The van der Waals surface area contributed by atoms with Crippen molar-refractivity contribution in [1.29, 1.82) is 0 Å². The first-order valence-corrected chi connectivity index (χ1v) is 5.02. The van der Waals surface area contributed by atoms with Gasteiger partial charge in [-0.15, -0.1) is 0 Å². The predicted octanol–water partition coefficient (Wildman–Crippen LogP) is 1.11. The van der Waals surface area contributed by atoms with Crippen LogP contribution in [0, 0.1) is 0 Å². The zero-order chi connectivity index (χ0) is 9.47. The molecule has 2 N–H and O–H groups in total. The van der Waals surface area contributed by atoms with Gasteiger partial charge in [0.15, 0.2) is 0 Å². The van der Waals surface area contributed by atoms with Gasteiger partial charge in [0.2, 0.25) is 0 Å². The summed E-state index contributed by atoms with van der Waals surface area (Å²) < 4.78 is 4.64. The van der Waals surface area contributed by atoms with Gasteiger partial charge in [0.25, 0.3) is 0 Å². The predicted molar refractivity (Wildman–Crippen MR) is 50.6 cm³/mol. The van der Waals surface area contributed by atoms with E-state index in [1.807, 2.05) is 16.8 Å². The Balaban J connectivity index is 2.14. The summed E-state index contributed by atoms with van der Waals surface area (Å²) in [5.41, 5.74) is 6.26. The van der Waals surface area contributed by atoms with Crippen molar-refractivity contribution in [3.8, 4) is 0 Å². The molecule has 13 heavy (non-hydrogen) atoms. The van der Waals surface area contributed by atoms with Gasteiger partial charge >= 0.3 is 5.97 Å². The Morgan fingerprint density at radius 3 is 3.15 bits per heavy atom. The Kier molecular flexibility index (Phi) is 1.89. The molecule has 1 aromatic rings. The molecule has 0 radical (unpaired) electrons. The molecule has 2 atom stereocenters. The lowest BCUT2D eigenvalue weighted by Gasteiger charge is -2.07. The third kappa shape index (κ3) is 1.26. The van der Waals surface area contributed by atoms with E-state index in [0.29, 0.717) is 6.42 Å². The first kappa shape index (κ1) is 8.72. The minimum atomic E-state index is -0.754. The van der Waals surface area contributed by atoms with Crippen molar-refractivity contribution in [3.63, 3.8) is 0 Å². The average molecular weight is 197 g/mol. The van der Waals surface area contributed by atoms with Gasteiger partial charge in [0, 0.05) is 5.92 Å². The van der Waals surface area contributed by atoms with Crippen LogP contribution in [0.1, 0.15) is 17.9 Å². The van der Waals surface area contributed by atoms with Crippen molar-refractivity contribution in [3.05, 3.63) is 22.4 Å². The fraction of sp³-hybridized carbons (Fsp3) is 0.444. The second-order valence-electron chi connectivity index (χ2n) is 3.35.